The van der Waals surface area contributed by atoms with Crippen LogP contribution in [0.5, 0.6) is 5.75 Å². The Kier molecular flexibility index (Phi) is 5.48. The molecule has 0 bridgehead atoms. The van der Waals surface area contributed by atoms with E-state index in [1.807, 2.05) is 0 Å². The van der Waals surface area contributed by atoms with Gasteiger partial charge in [0.2, 0.25) is 16.0 Å². The maximum Gasteiger partial charge on any atom is 0.267 e. The van der Waals surface area contributed by atoms with Crippen molar-refractivity contribution in [3.63, 3.8) is 0 Å². The first-order chi connectivity index (χ1) is 18.2. The molecule has 0 spiro atoms. The van der Waals surface area contributed by atoms with E-state index in [0.29, 0.717) is 22.3 Å². The van der Waals surface area contributed by atoms with Gasteiger partial charge in [-0.25, -0.2) is 22.2 Å². The van der Waals surface area contributed by atoms with Gasteiger partial charge in [-0.3, -0.25) is 18.8 Å². The van der Waals surface area contributed by atoms with Gasteiger partial charge in [-0.1, -0.05) is 18.2 Å². The van der Waals surface area contributed by atoms with Crippen LogP contribution in [0.15, 0.2) is 59.7 Å². The number of nitrogens with zero attached hydrogens (tertiary/aromatic N) is 5. The maximum absolute atomic E-state index is 14.8. The van der Waals surface area contributed by atoms with E-state index in [4.69, 9.17) is 4.74 Å². The van der Waals surface area contributed by atoms with Crippen LogP contribution < -0.4 is 19.9 Å². The van der Waals surface area contributed by atoms with Crippen molar-refractivity contribution in [2.45, 2.75) is 6.10 Å². The molecule has 4 heterocycles. The highest BCUT2D eigenvalue weighted by atomic mass is 32.2. The van der Waals surface area contributed by atoms with Gasteiger partial charge in [0.1, 0.15) is 11.9 Å². The standard InChI is InChI=1S/C24H19F2N7O4S/c1-38(35,36)32-12-13(37-19-8-3-2-6-17(19)32)9-27-24-28-10-14-21-15(11-29-31-21)23(34)33(22(14)30-24)18-7-4-5-16(25)20(18)26/h2-8,10-11,13H,9,12H2,1H3,(H,29,31)(H,27,28,30). The smallest absolute Gasteiger partial charge is 0.267 e. The van der Waals surface area contributed by atoms with Gasteiger partial charge in [-0.05, 0) is 24.3 Å². The highest BCUT2D eigenvalue weighted by Gasteiger charge is 2.31. The van der Waals surface area contributed by atoms with Crippen molar-refractivity contribution in [3.8, 4) is 11.4 Å². The third kappa shape index (κ3) is 3.89. The molecule has 194 valence electrons. The van der Waals surface area contributed by atoms with Crippen LogP contribution in [0.2, 0.25) is 0 Å². The lowest BCUT2D eigenvalue weighted by Crippen LogP contribution is -2.46. The van der Waals surface area contributed by atoms with Gasteiger partial charge < -0.3 is 10.1 Å². The third-order valence-corrected chi connectivity index (χ3v) is 7.33. The number of rotatable bonds is 5. The minimum Gasteiger partial charge on any atom is -0.484 e. The zero-order valence-corrected chi connectivity index (χ0v) is 20.5. The summed E-state index contributed by atoms with van der Waals surface area (Å²) in [7, 11) is -3.57. The van der Waals surface area contributed by atoms with E-state index in [9.17, 15) is 22.0 Å². The Balaban J connectivity index is 1.39. The second kappa shape index (κ2) is 8.76. The summed E-state index contributed by atoms with van der Waals surface area (Å²) >= 11 is 0. The first-order valence-corrected chi connectivity index (χ1v) is 13.2. The number of anilines is 2. The van der Waals surface area contributed by atoms with Gasteiger partial charge in [0.05, 0.1) is 53.2 Å². The molecule has 5 aromatic rings. The van der Waals surface area contributed by atoms with Crippen LogP contribution in [0.4, 0.5) is 20.4 Å². The lowest BCUT2D eigenvalue weighted by molar-refractivity contribution is 0.212. The minimum absolute atomic E-state index is 0.0152. The number of aromatic nitrogens is 5. The van der Waals surface area contributed by atoms with Crippen LogP contribution in [0.3, 0.4) is 0 Å². The Morgan fingerprint density at radius 2 is 1.89 bits per heavy atom. The summed E-state index contributed by atoms with van der Waals surface area (Å²) in [6.07, 6.45) is 3.24. The quantitative estimate of drug-likeness (QED) is 0.348. The number of aromatic amines is 1. The van der Waals surface area contributed by atoms with E-state index in [2.05, 4.69) is 25.5 Å². The van der Waals surface area contributed by atoms with Gasteiger partial charge >= 0.3 is 0 Å². The van der Waals surface area contributed by atoms with Gasteiger partial charge in [0.15, 0.2) is 17.3 Å². The van der Waals surface area contributed by atoms with Crippen LogP contribution >= 0.6 is 0 Å². The molecule has 1 aliphatic heterocycles. The van der Waals surface area contributed by atoms with Crippen molar-refractivity contribution in [1.29, 1.82) is 0 Å². The van der Waals surface area contributed by atoms with Gasteiger partial charge in [0, 0.05) is 6.20 Å². The number of para-hydroxylation sites is 2. The average molecular weight is 540 g/mol. The fraction of sp³-hybridized carbons (Fsp3) is 0.167. The SMILES string of the molecule is CS(=O)(=O)N1CC(CNc2ncc3c4[nH]ncc4c(=O)n(-c4cccc(F)c4F)c3n2)Oc2ccccc21. The molecule has 0 saturated carbocycles. The molecule has 2 N–H and O–H groups in total. The van der Waals surface area contributed by atoms with E-state index in [1.54, 1.807) is 24.3 Å². The second-order valence-electron chi connectivity index (χ2n) is 8.69. The molecule has 0 amide bonds. The van der Waals surface area contributed by atoms with Crippen molar-refractivity contribution in [2.75, 3.05) is 29.0 Å². The molecular formula is C24H19F2N7O4S. The zero-order chi connectivity index (χ0) is 26.6. The van der Waals surface area contributed by atoms with Crippen LogP contribution in [-0.2, 0) is 10.0 Å². The number of hydrogen-bond acceptors (Lipinski definition) is 8. The number of hydrogen-bond donors (Lipinski definition) is 2. The summed E-state index contributed by atoms with van der Waals surface area (Å²) < 4.78 is 61.8. The summed E-state index contributed by atoms with van der Waals surface area (Å²) in [6.45, 7) is 0.154. The molecule has 2 aromatic carbocycles. The van der Waals surface area contributed by atoms with Gasteiger partial charge in [-0.2, -0.15) is 10.1 Å². The molecule has 6 rings (SSSR count). The summed E-state index contributed by atoms with van der Waals surface area (Å²) in [5.74, 6) is -1.85. The Bertz CT molecular complexity index is 1890. The number of pyridine rings is 1. The highest BCUT2D eigenvalue weighted by Crippen LogP contribution is 2.34. The van der Waals surface area contributed by atoms with Crippen LogP contribution in [0, 0.1) is 11.6 Å². The molecule has 38 heavy (non-hydrogen) atoms. The average Bonchev–Trinajstić information content (AvgIpc) is 3.39. The monoisotopic (exact) mass is 539 g/mol. The molecule has 1 unspecified atom stereocenters. The second-order valence-corrected chi connectivity index (χ2v) is 10.6. The van der Waals surface area contributed by atoms with Crippen LogP contribution in [0.1, 0.15) is 0 Å². The Labute approximate surface area is 213 Å². The maximum atomic E-state index is 14.8. The third-order valence-electron chi connectivity index (χ3n) is 6.18. The minimum atomic E-state index is -3.57. The van der Waals surface area contributed by atoms with E-state index >= 15 is 0 Å². The van der Waals surface area contributed by atoms with E-state index in [-0.39, 0.29) is 35.8 Å². The fourth-order valence-corrected chi connectivity index (χ4v) is 5.40. The number of nitrogens with one attached hydrogen (secondary N) is 2. The predicted octanol–water partition coefficient (Wildman–Crippen LogP) is 2.57. The Morgan fingerprint density at radius 3 is 2.71 bits per heavy atom. The lowest BCUT2D eigenvalue weighted by atomic mass is 10.2. The zero-order valence-electron chi connectivity index (χ0n) is 19.7. The predicted molar refractivity (Wildman–Crippen MR) is 136 cm³/mol. The molecule has 1 aliphatic rings. The molecule has 11 nitrogen and oxygen atoms in total. The van der Waals surface area contributed by atoms with Crippen molar-refractivity contribution < 1.29 is 21.9 Å². The van der Waals surface area contributed by atoms with Crippen molar-refractivity contribution in [1.82, 2.24) is 24.7 Å². The van der Waals surface area contributed by atoms with Gasteiger partial charge in [0.25, 0.3) is 5.56 Å². The first-order valence-electron chi connectivity index (χ1n) is 11.4. The first kappa shape index (κ1) is 23.8. The molecular weight excluding hydrogens is 520 g/mol. The largest absolute Gasteiger partial charge is 0.484 e. The van der Waals surface area contributed by atoms with Crippen molar-refractivity contribution in [3.05, 3.63) is 76.8 Å². The molecule has 3 aromatic heterocycles. The summed E-state index contributed by atoms with van der Waals surface area (Å²) in [5, 5.41) is 10.1. The van der Waals surface area contributed by atoms with Crippen LogP contribution in [0.25, 0.3) is 27.6 Å². The Hall–Kier alpha value is -4.59. The molecule has 0 radical (unpaired) electrons. The summed E-state index contributed by atoms with van der Waals surface area (Å²) in [6, 6.07) is 10.3. The number of fused-ring (bicyclic) bond motifs is 4. The normalized spacial score (nSPS) is 15.4. The highest BCUT2D eigenvalue weighted by molar-refractivity contribution is 7.92. The number of ether oxygens (including phenoxy) is 1. The fourth-order valence-electron chi connectivity index (χ4n) is 4.45. The van der Waals surface area contributed by atoms with Crippen molar-refractivity contribution >= 4 is 43.6 Å². The van der Waals surface area contributed by atoms with E-state index in [1.165, 1.54) is 28.8 Å². The van der Waals surface area contributed by atoms with Crippen molar-refractivity contribution in [2.24, 2.45) is 0 Å². The molecule has 0 aliphatic carbocycles. The van der Waals surface area contributed by atoms with E-state index in [0.717, 1.165) is 16.9 Å². The van der Waals surface area contributed by atoms with Gasteiger partial charge in [-0.15, -0.1) is 0 Å². The molecule has 1 atom stereocenters. The summed E-state index contributed by atoms with van der Waals surface area (Å²) in [5.41, 5.74) is -0.157. The topological polar surface area (TPSA) is 135 Å². The molecule has 14 heteroatoms. The van der Waals surface area contributed by atoms with E-state index < -0.39 is 33.3 Å². The molecule has 0 fully saturated rings. The molecule has 0 saturated heterocycles. The number of benzene rings is 2. The number of H-pyrrole nitrogens is 1. The number of sulfonamides is 1. The lowest BCUT2D eigenvalue weighted by Gasteiger charge is -2.34. The van der Waals surface area contributed by atoms with Crippen LogP contribution in [-0.4, -0.2) is 58.6 Å². The Morgan fingerprint density at radius 1 is 1.11 bits per heavy atom. The number of halogens is 2. The summed E-state index contributed by atoms with van der Waals surface area (Å²) in [4.78, 5) is 22.0.